The molecular weight excluding hydrogens is 133 g/mol. The average molecular weight is 141 g/mol. The summed E-state index contributed by atoms with van der Waals surface area (Å²) in [6, 6.07) is 6.29. The van der Waals surface area contributed by atoms with E-state index in [4.69, 9.17) is 10.8 Å². The van der Waals surface area contributed by atoms with Gasteiger partial charge in [0.05, 0.1) is 0 Å². The molecular formula is C7H8FNO. The number of benzene rings is 1. The van der Waals surface area contributed by atoms with Gasteiger partial charge in [-0.2, -0.15) is 0 Å². The van der Waals surface area contributed by atoms with Crippen LogP contribution < -0.4 is 5.73 Å². The third kappa shape index (κ3) is 1.25. The van der Waals surface area contributed by atoms with Crippen LogP contribution in [-0.2, 0) is 0 Å². The standard InChI is InChI=1S/C7H8FNO/c8-7(10)5-3-1-2-4-6(5)9/h1-4,7,10H,9H2. The summed E-state index contributed by atoms with van der Waals surface area (Å²) in [4.78, 5) is 0. The van der Waals surface area contributed by atoms with Crippen LogP contribution in [0, 0.1) is 0 Å². The van der Waals surface area contributed by atoms with Crippen molar-refractivity contribution in [2.75, 3.05) is 5.73 Å². The van der Waals surface area contributed by atoms with E-state index in [0.717, 1.165) is 0 Å². The minimum absolute atomic E-state index is 0.127. The van der Waals surface area contributed by atoms with Crippen LogP contribution >= 0.6 is 0 Å². The Morgan fingerprint density at radius 2 is 2.00 bits per heavy atom. The maximum atomic E-state index is 12.2. The minimum atomic E-state index is -1.97. The molecule has 0 amide bonds. The molecule has 2 nitrogen and oxygen atoms in total. The van der Waals surface area contributed by atoms with Crippen molar-refractivity contribution < 1.29 is 9.50 Å². The Kier molecular flexibility index (Phi) is 1.87. The van der Waals surface area contributed by atoms with Gasteiger partial charge in [0.2, 0.25) is 6.36 Å². The normalized spacial score (nSPS) is 13.0. The molecule has 0 aromatic heterocycles. The lowest BCUT2D eigenvalue weighted by atomic mass is 10.2. The zero-order valence-electron chi connectivity index (χ0n) is 5.29. The largest absolute Gasteiger partial charge is 0.398 e. The maximum Gasteiger partial charge on any atom is 0.224 e. The van der Waals surface area contributed by atoms with E-state index in [9.17, 15) is 4.39 Å². The van der Waals surface area contributed by atoms with Gasteiger partial charge < -0.3 is 10.8 Å². The van der Waals surface area contributed by atoms with Gasteiger partial charge in [-0.3, -0.25) is 0 Å². The number of aliphatic hydroxyl groups excluding tert-OH is 1. The van der Waals surface area contributed by atoms with E-state index >= 15 is 0 Å². The molecule has 0 saturated carbocycles. The molecule has 1 rings (SSSR count). The van der Waals surface area contributed by atoms with Gasteiger partial charge in [0.15, 0.2) is 0 Å². The van der Waals surface area contributed by atoms with E-state index in [1.807, 2.05) is 0 Å². The van der Waals surface area contributed by atoms with Crippen LogP contribution in [0.15, 0.2) is 24.3 Å². The number of rotatable bonds is 1. The first kappa shape index (κ1) is 7.02. The average Bonchev–Trinajstić information content (AvgIpc) is 1.88. The Morgan fingerprint density at radius 1 is 1.40 bits per heavy atom. The molecule has 1 aromatic carbocycles. The van der Waals surface area contributed by atoms with Crippen molar-refractivity contribution in [3.63, 3.8) is 0 Å². The van der Waals surface area contributed by atoms with Crippen molar-refractivity contribution in [1.82, 2.24) is 0 Å². The Bertz CT molecular complexity index is 225. The molecule has 1 unspecified atom stereocenters. The van der Waals surface area contributed by atoms with Crippen molar-refractivity contribution in [2.24, 2.45) is 0 Å². The first-order valence-corrected chi connectivity index (χ1v) is 2.88. The summed E-state index contributed by atoms with van der Waals surface area (Å²) in [5, 5.41) is 8.46. The van der Waals surface area contributed by atoms with Crippen LogP contribution in [0.1, 0.15) is 11.9 Å². The number of anilines is 1. The summed E-state index contributed by atoms with van der Waals surface area (Å²) in [6.45, 7) is 0. The highest BCUT2D eigenvalue weighted by Crippen LogP contribution is 2.19. The summed E-state index contributed by atoms with van der Waals surface area (Å²) in [7, 11) is 0. The molecule has 0 spiro atoms. The van der Waals surface area contributed by atoms with E-state index in [-0.39, 0.29) is 11.3 Å². The highest BCUT2D eigenvalue weighted by atomic mass is 19.1. The van der Waals surface area contributed by atoms with E-state index in [1.165, 1.54) is 12.1 Å². The van der Waals surface area contributed by atoms with E-state index in [2.05, 4.69) is 0 Å². The lowest BCUT2D eigenvalue weighted by Crippen LogP contribution is -1.95. The first-order chi connectivity index (χ1) is 4.72. The number of halogens is 1. The van der Waals surface area contributed by atoms with Crippen LogP contribution in [-0.4, -0.2) is 5.11 Å². The highest BCUT2D eigenvalue weighted by Gasteiger charge is 2.06. The number of aliphatic hydroxyl groups is 1. The van der Waals surface area contributed by atoms with Crippen LogP contribution in [0.5, 0.6) is 0 Å². The van der Waals surface area contributed by atoms with Crippen LogP contribution in [0.4, 0.5) is 10.1 Å². The Labute approximate surface area is 58.1 Å². The van der Waals surface area contributed by atoms with Gasteiger partial charge in [-0.25, -0.2) is 4.39 Å². The molecule has 0 heterocycles. The molecule has 0 aliphatic rings. The maximum absolute atomic E-state index is 12.2. The predicted octanol–water partition coefficient (Wildman–Crippen LogP) is 1.23. The van der Waals surface area contributed by atoms with Gasteiger partial charge in [-0.15, -0.1) is 0 Å². The second-order valence-electron chi connectivity index (χ2n) is 1.96. The summed E-state index contributed by atoms with van der Waals surface area (Å²) < 4.78 is 12.2. The van der Waals surface area contributed by atoms with Crippen molar-refractivity contribution in [2.45, 2.75) is 6.36 Å². The van der Waals surface area contributed by atoms with Gasteiger partial charge in [-0.05, 0) is 6.07 Å². The van der Waals surface area contributed by atoms with Crippen molar-refractivity contribution in [3.8, 4) is 0 Å². The number of para-hydroxylation sites is 1. The van der Waals surface area contributed by atoms with Crippen LogP contribution in [0.25, 0.3) is 0 Å². The zero-order chi connectivity index (χ0) is 7.56. The number of alkyl halides is 1. The van der Waals surface area contributed by atoms with Crippen molar-refractivity contribution in [3.05, 3.63) is 29.8 Å². The fourth-order valence-corrected chi connectivity index (χ4v) is 0.728. The molecule has 0 aliphatic heterocycles. The van der Waals surface area contributed by atoms with E-state index in [1.54, 1.807) is 12.1 Å². The number of nitrogen functional groups attached to an aromatic ring is 1. The topological polar surface area (TPSA) is 46.2 Å². The Hall–Kier alpha value is -1.09. The molecule has 0 fully saturated rings. The van der Waals surface area contributed by atoms with Crippen molar-refractivity contribution in [1.29, 1.82) is 0 Å². The second-order valence-corrected chi connectivity index (χ2v) is 1.96. The van der Waals surface area contributed by atoms with Gasteiger partial charge in [0.1, 0.15) is 0 Å². The third-order valence-corrected chi connectivity index (χ3v) is 1.25. The Balaban J connectivity index is 3.03. The fourth-order valence-electron chi connectivity index (χ4n) is 0.728. The van der Waals surface area contributed by atoms with Gasteiger partial charge in [-0.1, -0.05) is 18.2 Å². The fraction of sp³-hybridized carbons (Fsp3) is 0.143. The van der Waals surface area contributed by atoms with Crippen LogP contribution in [0.3, 0.4) is 0 Å². The van der Waals surface area contributed by atoms with Gasteiger partial charge in [0.25, 0.3) is 0 Å². The van der Waals surface area contributed by atoms with Crippen LogP contribution in [0.2, 0.25) is 0 Å². The van der Waals surface area contributed by atoms with E-state index in [0.29, 0.717) is 0 Å². The lowest BCUT2D eigenvalue weighted by Gasteiger charge is -2.03. The first-order valence-electron chi connectivity index (χ1n) is 2.88. The number of hydrogen-bond acceptors (Lipinski definition) is 2. The molecule has 10 heavy (non-hydrogen) atoms. The van der Waals surface area contributed by atoms with Gasteiger partial charge in [0, 0.05) is 11.3 Å². The molecule has 1 atom stereocenters. The van der Waals surface area contributed by atoms with Gasteiger partial charge >= 0.3 is 0 Å². The lowest BCUT2D eigenvalue weighted by molar-refractivity contribution is 0.0418. The molecule has 0 saturated heterocycles. The number of nitrogens with two attached hydrogens (primary N) is 1. The molecule has 1 aromatic rings. The second kappa shape index (κ2) is 2.66. The molecule has 0 radical (unpaired) electrons. The third-order valence-electron chi connectivity index (χ3n) is 1.25. The Morgan fingerprint density at radius 3 is 2.40 bits per heavy atom. The molecule has 0 bridgehead atoms. The number of hydrogen-bond donors (Lipinski definition) is 2. The summed E-state index contributed by atoms with van der Waals surface area (Å²) in [5.74, 6) is 0. The molecule has 3 N–H and O–H groups in total. The summed E-state index contributed by atoms with van der Waals surface area (Å²) in [6.07, 6.45) is -1.97. The quantitative estimate of drug-likeness (QED) is 0.578. The summed E-state index contributed by atoms with van der Waals surface area (Å²) >= 11 is 0. The zero-order valence-corrected chi connectivity index (χ0v) is 5.29. The molecule has 0 aliphatic carbocycles. The minimum Gasteiger partial charge on any atom is -0.398 e. The monoisotopic (exact) mass is 141 g/mol. The highest BCUT2D eigenvalue weighted by molar-refractivity contribution is 5.46. The molecule has 54 valence electrons. The van der Waals surface area contributed by atoms with Crippen molar-refractivity contribution >= 4 is 5.69 Å². The predicted molar refractivity (Wildman–Crippen MR) is 36.9 cm³/mol. The summed E-state index contributed by atoms with van der Waals surface area (Å²) in [5.41, 5.74) is 5.72. The smallest absolute Gasteiger partial charge is 0.224 e. The SMILES string of the molecule is Nc1ccccc1C(O)F. The van der Waals surface area contributed by atoms with E-state index < -0.39 is 6.36 Å². The molecule has 3 heteroatoms.